The summed E-state index contributed by atoms with van der Waals surface area (Å²) in [7, 11) is 1.53. The van der Waals surface area contributed by atoms with E-state index in [9.17, 15) is 24.0 Å². The number of hydrogen-bond acceptors (Lipinski definition) is 7. The molecular formula is C32H41N5O7. The molecule has 1 fully saturated rings. The second-order valence-electron chi connectivity index (χ2n) is 10.9. The topological polar surface area (TPSA) is 146 Å². The van der Waals surface area contributed by atoms with Gasteiger partial charge >= 0.3 is 0 Å². The van der Waals surface area contributed by atoms with Crippen LogP contribution in [0.25, 0.3) is 0 Å². The molecular weight excluding hydrogens is 566 g/mol. The number of hydrogen-bond donors (Lipinski definition) is 3. The van der Waals surface area contributed by atoms with E-state index in [4.69, 9.17) is 9.47 Å². The molecule has 2 heterocycles. The van der Waals surface area contributed by atoms with Crippen LogP contribution in [-0.4, -0.2) is 104 Å². The maximum atomic E-state index is 13.5. The SMILES string of the molecule is CCOCCNC(=O)[C@@H]1CC(=O)N2CCC[C@H]2C(=O)N(C)CC(=O)N[C@H](Cc2ccccc2)COc2ccccc2C(=O)N1. The van der Waals surface area contributed by atoms with Crippen molar-refractivity contribution in [1.82, 2.24) is 25.8 Å². The molecule has 0 aliphatic carbocycles. The number of rotatable bonds is 7. The minimum Gasteiger partial charge on any atom is -0.491 e. The molecule has 0 saturated carbocycles. The van der Waals surface area contributed by atoms with Crippen molar-refractivity contribution in [3.8, 4) is 5.75 Å². The zero-order valence-electron chi connectivity index (χ0n) is 25.3. The van der Waals surface area contributed by atoms with Gasteiger partial charge in [0.05, 0.1) is 31.2 Å². The van der Waals surface area contributed by atoms with Crippen LogP contribution in [-0.2, 0) is 30.3 Å². The number of ether oxygens (including phenoxy) is 2. The Labute approximate surface area is 257 Å². The summed E-state index contributed by atoms with van der Waals surface area (Å²) in [5.74, 6) is -2.06. The largest absolute Gasteiger partial charge is 0.491 e. The predicted molar refractivity (Wildman–Crippen MR) is 162 cm³/mol. The van der Waals surface area contributed by atoms with E-state index < -0.39 is 35.8 Å². The van der Waals surface area contributed by atoms with Crippen molar-refractivity contribution in [3.05, 3.63) is 65.7 Å². The van der Waals surface area contributed by atoms with Gasteiger partial charge in [0.15, 0.2) is 0 Å². The van der Waals surface area contributed by atoms with E-state index in [-0.39, 0.29) is 55.9 Å². The Morgan fingerprint density at radius 1 is 1.05 bits per heavy atom. The summed E-state index contributed by atoms with van der Waals surface area (Å²) < 4.78 is 11.4. The average Bonchev–Trinajstić information content (AvgIpc) is 3.51. The molecule has 0 aromatic heterocycles. The fraction of sp³-hybridized carbons (Fsp3) is 0.469. The van der Waals surface area contributed by atoms with Crippen LogP contribution in [0.15, 0.2) is 54.6 Å². The van der Waals surface area contributed by atoms with E-state index in [1.165, 1.54) is 16.8 Å². The second kappa shape index (κ2) is 15.9. The van der Waals surface area contributed by atoms with E-state index in [0.29, 0.717) is 32.4 Å². The number of benzene rings is 2. The molecule has 0 spiro atoms. The summed E-state index contributed by atoms with van der Waals surface area (Å²) in [6.45, 7) is 2.97. The van der Waals surface area contributed by atoms with Crippen molar-refractivity contribution >= 4 is 29.5 Å². The number of carbonyl (C=O) groups is 5. The summed E-state index contributed by atoms with van der Waals surface area (Å²) in [6.07, 6.45) is 1.14. The Kier molecular flexibility index (Phi) is 11.7. The monoisotopic (exact) mass is 607 g/mol. The van der Waals surface area contributed by atoms with E-state index in [1.807, 2.05) is 37.3 Å². The Balaban J connectivity index is 1.64. The van der Waals surface area contributed by atoms with Gasteiger partial charge in [-0.1, -0.05) is 42.5 Å². The van der Waals surface area contributed by atoms with Crippen molar-refractivity contribution in [2.24, 2.45) is 0 Å². The molecule has 0 unspecified atom stereocenters. The Bertz CT molecular complexity index is 1320. The molecule has 12 nitrogen and oxygen atoms in total. The van der Waals surface area contributed by atoms with Gasteiger partial charge in [-0.2, -0.15) is 0 Å². The standard InChI is InChI=1S/C32H41N5O7/c1-3-43-17-15-33-31(41)25-19-29(39)37-16-9-13-26(37)32(42)36(2)20-28(38)34-23(18-22-10-5-4-6-11-22)21-44-27-14-8-7-12-24(27)30(40)35-25/h4-8,10-12,14,23,25-26H,3,9,13,15-21H2,1-2H3,(H,33,41)(H,34,38)(H,35,40)/t23-,25+,26+/m1/s1. The molecule has 4 rings (SSSR count). The summed E-state index contributed by atoms with van der Waals surface area (Å²) in [5, 5.41) is 8.40. The molecule has 0 radical (unpaired) electrons. The highest BCUT2D eigenvalue weighted by Gasteiger charge is 2.38. The van der Waals surface area contributed by atoms with Crippen LogP contribution >= 0.6 is 0 Å². The molecule has 0 bridgehead atoms. The van der Waals surface area contributed by atoms with Crippen molar-refractivity contribution in [1.29, 1.82) is 0 Å². The molecule has 5 amide bonds. The Hall–Kier alpha value is -4.45. The molecule has 44 heavy (non-hydrogen) atoms. The van der Waals surface area contributed by atoms with Crippen LogP contribution in [0.4, 0.5) is 0 Å². The minimum atomic E-state index is -1.21. The van der Waals surface area contributed by atoms with Gasteiger partial charge in [0, 0.05) is 26.7 Å². The number of carbonyl (C=O) groups excluding carboxylic acids is 5. The first kappa shape index (κ1) is 32.5. The van der Waals surface area contributed by atoms with Crippen LogP contribution in [0.3, 0.4) is 0 Å². The third kappa shape index (κ3) is 8.79. The summed E-state index contributed by atoms with van der Waals surface area (Å²) >= 11 is 0. The molecule has 2 aromatic carbocycles. The molecule has 236 valence electrons. The summed E-state index contributed by atoms with van der Waals surface area (Å²) in [4.78, 5) is 69.6. The average molecular weight is 608 g/mol. The lowest BCUT2D eigenvalue weighted by Crippen LogP contribution is -2.53. The van der Waals surface area contributed by atoms with Crippen molar-refractivity contribution in [3.63, 3.8) is 0 Å². The normalized spacial score (nSPS) is 21.8. The zero-order valence-corrected chi connectivity index (χ0v) is 25.3. The number of fused-ring (bicyclic) bond motifs is 2. The van der Waals surface area contributed by atoms with Gasteiger partial charge in [0.2, 0.25) is 23.6 Å². The first-order valence-electron chi connectivity index (χ1n) is 15.0. The molecule has 12 heteroatoms. The van der Waals surface area contributed by atoms with Crippen molar-refractivity contribution < 1.29 is 33.4 Å². The van der Waals surface area contributed by atoms with Gasteiger partial charge in [-0.25, -0.2) is 0 Å². The first-order chi connectivity index (χ1) is 21.3. The first-order valence-corrected chi connectivity index (χ1v) is 15.0. The molecule has 1 saturated heterocycles. The fourth-order valence-electron chi connectivity index (χ4n) is 5.41. The summed E-state index contributed by atoms with van der Waals surface area (Å²) in [6, 6.07) is 13.7. The third-order valence-corrected chi connectivity index (χ3v) is 7.63. The van der Waals surface area contributed by atoms with Crippen LogP contribution in [0.2, 0.25) is 0 Å². The lowest BCUT2D eigenvalue weighted by atomic mass is 10.1. The van der Waals surface area contributed by atoms with Crippen LogP contribution in [0.1, 0.15) is 42.1 Å². The van der Waals surface area contributed by atoms with Gasteiger partial charge in [-0.05, 0) is 43.9 Å². The molecule has 2 aromatic rings. The summed E-state index contributed by atoms with van der Waals surface area (Å²) in [5.41, 5.74) is 1.15. The van der Waals surface area contributed by atoms with Crippen molar-refractivity contribution in [2.75, 3.05) is 46.5 Å². The minimum absolute atomic E-state index is 0.0405. The maximum Gasteiger partial charge on any atom is 0.255 e. The Morgan fingerprint density at radius 2 is 1.80 bits per heavy atom. The highest BCUT2D eigenvalue weighted by Crippen LogP contribution is 2.22. The van der Waals surface area contributed by atoms with E-state index in [2.05, 4.69) is 16.0 Å². The van der Waals surface area contributed by atoms with E-state index in [1.54, 1.807) is 24.3 Å². The van der Waals surface area contributed by atoms with Gasteiger partial charge in [-0.15, -0.1) is 0 Å². The zero-order chi connectivity index (χ0) is 31.5. The van der Waals surface area contributed by atoms with Gasteiger partial charge in [0.25, 0.3) is 5.91 Å². The second-order valence-corrected chi connectivity index (χ2v) is 10.9. The lowest BCUT2D eigenvalue weighted by Gasteiger charge is -2.29. The number of nitrogens with zero attached hydrogens (tertiary/aromatic N) is 2. The quantitative estimate of drug-likeness (QED) is 0.397. The number of para-hydroxylation sites is 1. The molecule has 2 aliphatic rings. The maximum absolute atomic E-state index is 13.5. The smallest absolute Gasteiger partial charge is 0.255 e. The third-order valence-electron chi connectivity index (χ3n) is 7.63. The molecule has 3 atom stereocenters. The number of nitrogens with one attached hydrogen (secondary N) is 3. The highest BCUT2D eigenvalue weighted by atomic mass is 16.5. The van der Waals surface area contributed by atoms with Crippen LogP contribution < -0.4 is 20.7 Å². The van der Waals surface area contributed by atoms with Gasteiger partial charge in [-0.3, -0.25) is 24.0 Å². The predicted octanol–water partition coefficient (Wildman–Crippen LogP) is 0.897. The van der Waals surface area contributed by atoms with Gasteiger partial charge < -0.3 is 35.2 Å². The van der Waals surface area contributed by atoms with E-state index >= 15 is 0 Å². The van der Waals surface area contributed by atoms with Crippen LogP contribution in [0, 0.1) is 0 Å². The highest BCUT2D eigenvalue weighted by molar-refractivity contribution is 6.01. The van der Waals surface area contributed by atoms with Crippen LogP contribution in [0.5, 0.6) is 5.75 Å². The Morgan fingerprint density at radius 3 is 2.57 bits per heavy atom. The number of likely N-dealkylation sites (N-methyl/N-ethyl adjacent to an activating group) is 1. The molecule has 3 N–H and O–H groups in total. The van der Waals surface area contributed by atoms with E-state index in [0.717, 1.165) is 5.56 Å². The number of amides is 5. The van der Waals surface area contributed by atoms with Gasteiger partial charge in [0.1, 0.15) is 24.4 Å². The lowest BCUT2D eigenvalue weighted by molar-refractivity contribution is -0.145. The fourth-order valence-corrected chi connectivity index (χ4v) is 5.41. The molecule has 2 aliphatic heterocycles. The van der Waals surface area contributed by atoms with Crippen molar-refractivity contribution in [2.45, 2.75) is 50.7 Å².